The minimum Gasteiger partial charge on any atom is -0.445 e. The molecule has 1 fully saturated rings. The lowest BCUT2D eigenvalue weighted by Crippen LogP contribution is -2.53. The summed E-state index contributed by atoms with van der Waals surface area (Å²) >= 11 is 7.21. The zero-order chi connectivity index (χ0) is 20.4. The van der Waals surface area contributed by atoms with Gasteiger partial charge in [-0.3, -0.25) is 4.79 Å². The molecule has 3 aliphatic rings. The monoisotopic (exact) mass is 422 g/mol. The van der Waals surface area contributed by atoms with Crippen LogP contribution in [-0.4, -0.2) is 27.1 Å². The number of fused-ring (bicyclic) bond motifs is 1. The number of rotatable bonds is 2. The fraction of sp³-hybridized carbons (Fsp3) is 0.190. The molecule has 0 unspecified atom stereocenters. The van der Waals surface area contributed by atoms with Crippen molar-refractivity contribution in [3.8, 4) is 6.07 Å². The molecule has 2 N–H and O–H groups in total. The van der Waals surface area contributed by atoms with Gasteiger partial charge in [0.15, 0.2) is 15.7 Å². The third-order valence-corrected chi connectivity index (χ3v) is 7.24. The summed E-state index contributed by atoms with van der Waals surface area (Å²) in [6.07, 6.45) is 0. The first kappa shape index (κ1) is 18.1. The number of Topliss-reactive ketones (excluding diaryl/α,β-unsaturated/α-hetero) is 1. The number of amidine groups is 1. The normalized spacial score (nSPS) is 28.2. The van der Waals surface area contributed by atoms with E-state index in [4.69, 9.17) is 27.1 Å². The largest absolute Gasteiger partial charge is 0.445 e. The third kappa shape index (κ3) is 2.03. The number of carbonyl (C=O) groups excluding carboxylic acids is 1. The summed E-state index contributed by atoms with van der Waals surface area (Å²) in [4.78, 5) is 20.3. The van der Waals surface area contributed by atoms with Crippen LogP contribution < -0.4 is 5.73 Å². The quantitative estimate of drug-likeness (QED) is 0.788. The number of aliphatic imine (C=N–C) groups is 1. The molecule has 144 valence electrons. The molecule has 2 atom stereocenters. The highest BCUT2D eigenvalue weighted by molar-refractivity contribution is 8.16. The van der Waals surface area contributed by atoms with Crippen LogP contribution in [0.15, 0.2) is 65.0 Å². The Kier molecular flexibility index (Phi) is 3.76. The topological polar surface area (TPSA) is 91.7 Å². The van der Waals surface area contributed by atoms with Crippen molar-refractivity contribution in [3.05, 3.63) is 76.1 Å². The Balaban J connectivity index is 1.78. The first-order chi connectivity index (χ1) is 14.0. The van der Waals surface area contributed by atoms with E-state index in [2.05, 4.69) is 6.07 Å². The summed E-state index contributed by atoms with van der Waals surface area (Å²) in [7, 11) is 0. The average Bonchev–Trinajstić information content (AvgIpc) is 3.21. The van der Waals surface area contributed by atoms with Crippen molar-refractivity contribution in [3.63, 3.8) is 0 Å². The molecule has 8 heteroatoms. The number of ketones is 1. The van der Waals surface area contributed by atoms with Crippen molar-refractivity contribution >= 4 is 40.0 Å². The zero-order valence-corrected chi connectivity index (χ0v) is 16.9. The molecule has 2 aromatic carbocycles. The molecule has 5 rings (SSSR count). The van der Waals surface area contributed by atoms with Gasteiger partial charge in [0, 0.05) is 22.7 Å². The van der Waals surface area contributed by atoms with E-state index in [0.717, 1.165) is 0 Å². The highest BCUT2D eigenvalue weighted by Gasteiger charge is 2.79. The molecule has 0 spiro atoms. The van der Waals surface area contributed by atoms with Crippen LogP contribution in [0.1, 0.15) is 22.8 Å². The Morgan fingerprint density at radius 1 is 1.28 bits per heavy atom. The Morgan fingerprint density at radius 3 is 2.69 bits per heavy atom. The maximum Gasteiger partial charge on any atom is 0.241 e. The molecule has 0 saturated carbocycles. The molecular formula is C21H15ClN4O2S. The summed E-state index contributed by atoms with van der Waals surface area (Å²) in [5.41, 5.74) is 6.96. The number of nitrogens with two attached hydrogens (primary N) is 1. The molecular weight excluding hydrogens is 408 g/mol. The summed E-state index contributed by atoms with van der Waals surface area (Å²) in [5, 5.41) is 11.1. The second-order valence-corrected chi connectivity index (χ2v) is 8.49. The number of nitrogens with zero attached hydrogens (tertiary/aromatic N) is 3. The van der Waals surface area contributed by atoms with Crippen molar-refractivity contribution in [2.45, 2.75) is 17.4 Å². The fourth-order valence-corrected chi connectivity index (χ4v) is 6.16. The Hall–Kier alpha value is -2.95. The first-order valence-electron chi connectivity index (χ1n) is 9.04. The van der Waals surface area contributed by atoms with Crippen LogP contribution in [0.25, 0.3) is 0 Å². The van der Waals surface area contributed by atoms with Crippen LogP contribution in [0.4, 0.5) is 5.69 Å². The Morgan fingerprint density at radius 2 is 2.00 bits per heavy atom. The molecule has 2 heterocycles. The van der Waals surface area contributed by atoms with Crippen molar-refractivity contribution in [1.82, 2.24) is 4.90 Å². The van der Waals surface area contributed by atoms with E-state index in [1.54, 1.807) is 30.3 Å². The zero-order valence-electron chi connectivity index (χ0n) is 15.3. The molecule has 1 aliphatic carbocycles. The second-order valence-electron chi connectivity index (χ2n) is 6.87. The first-order valence-corrected chi connectivity index (χ1v) is 10.2. The number of carbonyl (C=O) groups is 1. The number of hydrogen-bond donors (Lipinski definition) is 1. The minimum absolute atomic E-state index is 0.00755. The molecule has 0 amide bonds. The van der Waals surface area contributed by atoms with E-state index in [1.165, 1.54) is 11.8 Å². The van der Waals surface area contributed by atoms with E-state index in [-0.39, 0.29) is 17.2 Å². The van der Waals surface area contributed by atoms with E-state index < -0.39 is 10.5 Å². The van der Waals surface area contributed by atoms with Crippen LogP contribution >= 0.6 is 23.4 Å². The van der Waals surface area contributed by atoms with Gasteiger partial charge in [-0.25, -0.2) is 4.99 Å². The summed E-state index contributed by atoms with van der Waals surface area (Å²) < 4.78 is 4.89. The van der Waals surface area contributed by atoms with Gasteiger partial charge in [-0.05, 0) is 31.2 Å². The molecule has 0 bridgehead atoms. The van der Waals surface area contributed by atoms with Crippen LogP contribution in [0.5, 0.6) is 0 Å². The lowest BCUT2D eigenvalue weighted by molar-refractivity contribution is -0.0791. The lowest BCUT2D eigenvalue weighted by atomic mass is 9.88. The van der Waals surface area contributed by atoms with Gasteiger partial charge in [-0.15, -0.1) is 0 Å². The predicted octanol–water partition coefficient (Wildman–Crippen LogP) is 3.91. The standard InChI is InChI=1S/C21H15ClN4O2S/c1-2-26-19(25-13-9-7-12(22)8-10-13)29-20-16(11-23)18(24)28-21(20,26)15-6-4-3-5-14(15)17(20)27/h3-10H,2,24H2,1H3/t20-,21-/m1/s1. The van der Waals surface area contributed by atoms with E-state index in [0.29, 0.717) is 33.5 Å². The highest BCUT2D eigenvalue weighted by atomic mass is 35.5. The maximum absolute atomic E-state index is 13.7. The number of hydrogen-bond acceptors (Lipinski definition) is 6. The average molecular weight is 423 g/mol. The number of thioether (sulfide) groups is 1. The second kappa shape index (κ2) is 6.02. The number of ether oxygens (including phenoxy) is 1. The smallest absolute Gasteiger partial charge is 0.241 e. The number of nitriles is 1. The van der Waals surface area contributed by atoms with Gasteiger partial charge in [0.05, 0.1) is 5.69 Å². The van der Waals surface area contributed by atoms with Gasteiger partial charge in [0.1, 0.15) is 11.6 Å². The van der Waals surface area contributed by atoms with Gasteiger partial charge in [0.2, 0.25) is 11.6 Å². The molecule has 0 aromatic heterocycles. The van der Waals surface area contributed by atoms with Crippen molar-refractivity contribution in [1.29, 1.82) is 5.26 Å². The number of benzene rings is 2. The van der Waals surface area contributed by atoms with E-state index >= 15 is 0 Å². The van der Waals surface area contributed by atoms with Crippen molar-refractivity contribution < 1.29 is 9.53 Å². The van der Waals surface area contributed by atoms with Crippen LogP contribution in [-0.2, 0) is 10.5 Å². The van der Waals surface area contributed by atoms with Crippen LogP contribution in [0.2, 0.25) is 5.02 Å². The van der Waals surface area contributed by atoms with Crippen molar-refractivity contribution in [2.75, 3.05) is 6.54 Å². The van der Waals surface area contributed by atoms with E-state index in [9.17, 15) is 10.1 Å². The third-order valence-electron chi connectivity index (χ3n) is 5.52. The predicted molar refractivity (Wildman–Crippen MR) is 112 cm³/mol. The van der Waals surface area contributed by atoms with Crippen molar-refractivity contribution in [2.24, 2.45) is 10.7 Å². The minimum atomic E-state index is -1.31. The van der Waals surface area contributed by atoms with Gasteiger partial charge in [-0.1, -0.05) is 47.6 Å². The van der Waals surface area contributed by atoms with Crippen LogP contribution in [0, 0.1) is 11.3 Å². The summed E-state index contributed by atoms with van der Waals surface area (Å²) in [5.74, 6) is -0.193. The van der Waals surface area contributed by atoms with Gasteiger partial charge < -0.3 is 15.4 Å². The fourth-order valence-electron chi connectivity index (χ4n) is 4.39. The SMILES string of the molecule is CCN1C(=Nc2ccc(Cl)cc2)S[C@]23C(=O)c4ccccc4[C@]12OC(N)=C3C#N. The van der Waals surface area contributed by atoms with Gasteiger partial charge >= 0.3 is 0 Å². The maximum atomic E-state index is 13.7. The highest BCUT2D eigenvalue weighted by Crippen LogP contribution is 2.67. The molecule has 1 saturated heterocycles. The van der Waals surface area contributed by atoms with Gasteiger partial charge in [-0.2, -0.15) is 5.26 Å². The molecule has 2 aliphatic heterocycles. The lowest BCUT2D eigenvalue weighted by Gasteiger charge is -2.38. The molecule has 2 aromatic rings. The molecule has 0 radical (unpaired) electrons. The van der Waals surface area contributed by atoms with Gasteiger partial charge in [0.25, 0.3) is 0 Å². The Labute approximate surface area is 176 Å². The number of halogens is 1. The van der Waals surface area contributed by atoms with E-state index in [1.807, 2.05) is 30.0 Å². The molecule has 6 nitrogen and oxygen atoms in total. The molecule has 29 heavy (non-hydrogen) atoms. The Bertz CT molecular complexity index is 1170. The summed E-state index contributed by atoms with van der Waals surface area (Å²) in [6, 6.07) is 16.5. The summed E-state index contributed by atoms with van der Waals surface area (Å²) in [6.45, 7) is 2.47. The van der Waals surface area contributed by atoms with Crippen LogP contribution in [0.3, 0.4) is 0 Å².